The van der Waals surface area contributed by atoms with Crippen molar-refractivity contribution in [3.8, 4) is 5.75 Å². The molecule has 44 heavy (non-hydrogen) atoms. The Morgan fingerprint density at radius 2 is 1.68 bits per heavy atom. The predicted octanol–water partition coefficient (Wildman–Crippen LogP) is 4.59. The van der Waals surface area contributed by atoms with E-state index in [9.17, 15) is 8.42 Å². The van der Waals surface area contributed by atoms with E-state index in [4.69, 9.17) is 16.3 Å². The van der Waals surface area contributed by atoms with Crippen LogP contribution in [0.15, 0.2) is 47.5 Å². The van der Waals surface area contributed by atoms with Crippen LogP contribution in [0.4, 0.5) is 28.8 Å². The number of piperazine rings is 1. The highest BCUT2D eigenvalue weighted by Gasteiger charge is 2.30. The molecule has 0 radical (unpaired) electrons. The standard InChI is InChI=1S/C31H41ClN8O3S/c1-21-18-26(28(43-3)19-27(21)40-12-10-23(11-13-40)39-16-14-38(2)15-17-39)35-31-33-20-24(32)30(36-31)34-25-6-4-5-7-29(25)44(41,42)37-22-8-9-22/h4-7,18-20,22-23,37H,8-17H2,1-3H3,(H2,33,34,35,36). The summed E-state index contributed by atoms with van der Waals surface area (Å²) in [5, 5.41) is 6.64. The lowest BCUT2D eigenvalue weighted by Crippen LogP contribution is -2.52. The Kier molecular flexibility index (Phi) is 9.16. The van der Waals surface area contributed by atoms with Crippen LogP contribution in [0.25, 0.3) is 0 Å². The van der Waals surface area contributed by atoms with Gasteiger partial charge in [0.2, 0.25) is 16.0 Å². The van der Waals surface area contributed by atoms with Crippen LogP contribution in [-0.4, -0.2) is 93.7 Å². The van der Waals surface area contributed by atoms with Gasteiger partial charge in [0.1, 0.15) is 15.7 Å². The number of anilines is 5. The quantitative estimate of drug-likeness (QED) is 0.291. The van der Waals surface area contributed by atoms with Crippen LogP contribution in [0.5, 0.6) is 5.75 Å². The molecule has 0 atom stereocenters. The third kappa shape index (κ3) is 7.05. The van der Waals surface area contributed by atoms with Crippen molar-refractivity contribution in [2.75, 3.05) is 69.0 Å². The first-order chi connectivity index (χ1) is 21.2. The number of aryl methyl sites for hydroxylation is 1. The third-order valence-electron chi connectivity index (χ3n) is 8.70. The van der Waals surface area contributed by atoms with E-state index in [1.807, 2.05) is 0 Å². The van der Waals surface area contributed by atoms with Crippen LogP contribution < -0.4 is 25.0 Å². The molecule has 0 bridgehead atoms. The summed E-state index contributed by atoms with van der Waals surface area (Å²) in [6, 6.07) is 11.5. The number of benzene rings is 2. The number of nitrogens with one attached hydrogen (secondary N) is 3. The maximum absolute atomic E-state index is 13.0. The van der Waals surface area contributed by atoms with Crippen molar-refractivity contribution in [2.45, 2.75) is 49.6 Å². The molecule has 0 unspecified atom stereocenters. The molecule has 3 heterocycles. The van der Waals surface area contributed by atoms with Gasteiger partial charge >= 0.3 is 0 Å². The lowest BCUT2D eigenvalue weighted by molar-refractivity contribution is 0.0982. The highest BCUT2D eigenvalue weighted by Crippen LogP contribution is 2.37. The lowest BCUT2D eigenvalue weighted by Gasteiger charge is -2.43. The molecule has 3 aliphatic rings. The van der Waals surface area contributed by atoms with Gasteiger partial charge < -0.3 is 25.2 Å². The zero-order chi connectivity index (χ0) is 30.8. The van der Waals surface area contributed by atoms with Crippen molar-refractivity contribution in [2.24, 2.45) is 0 Å². The molecular formula is C31H41ClN8O3S. The van der Waals surface area contributed by atoms with Crippen molar-refractivity contribution >= 4 is 50.5 Å². The predicted molar refractivity (Wildman–Crippen MR) is 175 cm³/mol. The molecule has 1 aliphatic carbocycles. The molecule has 3 fully saturated rings. The molecule has 2 saturated heterocycles. The molecule has 2 aliphatic heterocycles. The monoisotopic (exact) mass is 640 g/mol. The summed E-state index contributed by atoms with van der Waals surface area (Å²) in [7, 11) is 0.159. The Morgan fingerprint density at radius 3 is 2.39 bits per heavy atom. The number of aromatic nitrogens is 2. The first-order valence-corrected chi connectivity index (χ1v) is 17.1. The summed E-state index contributed by atoms with van der Waals surface area (Å²) in [5.41, 5.74) is 3.40. The second kappa shape index (κ2) is 13.1. The number of hydrogen-bond acceptors (Lipinski definition) is 10. The fraction of sp³-hybridized carbons (Fsp3) is 0.484. The van der Waals surface area contributed by atoms with Gasteiger partial charge in [-0.2, -0.15) is 4.98 Å². The van der Waals surface area contributed by atoms with Gasteiger partial charge in [0.25, 0.3) is 0 Å². The van der Waals surface area contributed by atoms with E-state index in [-0.39, 0.29) is 21.8 Å². The van der Waals surface area contributed by atoms with E-state index >= 15 is 0 Å². The molecule has 1 aromatic heterocycles. The van der Waals surface area contributed by atoms with Gasteiger partial charge in [-0.05, 0) is 63.4 Å². The SMILES string of the molecule is COc1cc(N2CCC(N3CCN(C)CC3)CC2)c(C)cc1Nc1ncc(Cl)c(Nc2ccccc2S(=O)(=O)NC2CC2)n1. The Balaban J connectivity index is 1.16. The maximum atomic E-state index is 13.0. The minimum atomic E-state index is -3.70. The van der Waals surface area contributed by atoms with Crippen LogP contribution in [0.2, 0.25) is 5.02 Å². The minimum Gasteiger partial charge on any atom is -0.494 e. The molecule has 3 aromatic rings. The summed E-state index contributed by atoms with van der Waals surface area (Å²) < 4.78 is 34.5. The molecule has 11 nitrogen and oxygen atoms in total. The van der Waals surface area contributed by atoms with Crippen molar-refractivity contribution < 1.29 is 13.2 Å². The average molecular weight is 641 g/mol. The summed E-state index contributed by atoms with van der Waals surface area (Å²) in [5.74, 6) is 1.27. The number of sulfonamides is 1. The fourth-order valence-corrected chi connectivity index (χ4v) is 7.60. The van der Waals surface area contributed by atoms with E-state index in [2.05, 4.69) is 66.1 Å². The van der Waals surface area contributed by atoms with E-state index in [1.165, 1.54) is 11.9 Å². The van der Waals surface area contributed by atoms with Crippen molar-refractivity contribution in [1.82, 2.24) is 24.5 Å². The van der Waals surface area contributed by atoms with Crippen LogP contribution in [-0.2, 0) is 10.0 Å². The minimum absolute atomic E-state index is 0.00904. The number of ether oxygens (including phenoxy) is 1. The molecular weight excluding hydrogens is 600 g/mol. The largest absolute Gasteiger partial charge is 0.494 e. The second-order valence-electron chi connectivity index (χ2n) is 11.9. The van der Waals surface area contributed by atoms with Gasteiger partial charge in [-0.1, -0.05) is 23.7 Å². The van der Waals surface area contributed by atoms with Gasteiger partial charge in [-0.25, -0.2) is 18.1 Å². The summed E-state index contributed by atoms with van der Waals surface area (Å²) in [6.07, 6.45) is 5.49. The highest BCUT2D eigenvalue weighted by atomic mass is 35.5. The second-order valence-corrected chi connectivity index (χ2v) is 14.0. The van der Waals surface area contributed by atoms with Crippen LogP contribution in [0.1, 0.15) is 31.2 Å². The third-order valence-corrected chi connectivity index (χ3v) is 10.6. The first-order valence-electron chi connectivity index (χ1n) is 15.2. The fourth-order valence-electron chi connectivity index (χ4n) is 5.99. The molecule has 0 amide bonds. The Bertz CT molecular complexity index is 1590. The Labute approximate surface area is 265 Å². The molecule has 2 aromatic carbocycles. The number of piperidine rings is 1. The van der Waals surface area contributed by atoms with Gasteiger partial charge in [-0.15, -0.1) is 0 Å². The van der Waals surface area contributed by atoms with E-state index in [0.29, 0.717) is 23.4 Å². The first kappa shape index (κ1) is 30.8. The van der Waals surface area contributed by atoms with Crippen molar-refractivity contribution in [3.05, 3.63) is 53.2 Å². The van der Waals surface area contributed by atoms with Gasteiger partial charge in [-0.3, -0.25) is 4.90 Å². The number of halogens is 1. The zero-order valence-corrected chi connectivity index (χ0v) is 27.1. The van der Waals surface area contributed by atoms with Gasteiger partial charge in [0, 0.05) is 63.1 Å². The summed E-state index contributed by atoms with van der Waals surface area (Å²) in [4.78, 5) is 16.6. The number of rotatable bonds is 10. The highest BCUT2D eigenvalue weighted by molar-refractivity contribution is 7.89. The molecule has 1 saturated carbocycles. The van der Waals surface area contributed by atoms with E-state index < -0.39 is 10.0 Å². The number of para-hydroxylation sites is 1. The summed E-state index contributed by atoms with van der Waals surface area (Å²) in [6.45, 7) is 8.73. The van der Waals surface area contributed by atoms with Crippen LogP contribution in [0, 0.1) is 6.92 Å². The smallest absolute Gasteiger partial charge is 0.242 e. The maximum Gasteiger partial charge on any atom is 0.242 e. The van der Waals surface area contributed by atoms with Crippen molar-refractivity contribution in [1.29, 1.82) is 0 Å². The molecule has 13 heteroatoms. The number of likely N-dealkylation sites (N-methyl/N-ethyl adjacent to an activating group) is 1. The van der Waals surface area contributed by atoms with E-state index in [0.717, 1.165) is 76.2 Å². The Morgan fingerprint density at radius 1 is 0.955 bits per heavy atom. The number of hydrogen-bond donors (Lipinski definition) is 3. The zero-order valence-electron chi connectivity index (χ0n) is 25.5. The van der Waals surface area contributed by atoms with Crippen molar-refractivity contribution in [3.63, 3.8) is 0 Å². The normalized spacial score (nSPS) is 18.8. The topological polar surface area (TPSA) is 115 Å². The Hall–Kier alpha value is -3.16. The van der Waals surface area contributed by atoms with Crippen LogP contribution in [0.3, 0.4) is 0 Å². The lowest BCUT2D eigenvalue weighted by atomic mass is 10.0. The number of nitrogens with zero attached hydrogens (tertiary/aromatic N) is 5. The average Bonchev–Trinajstić information content (AvgIpc) is 3.83. The molecule has 236 valence electrons. The molecule has 3 N–H and O–H groups in total. The van der Waals surface area contributed by atoms with Gasteiger partial charge in [0.05, 0.1) is 24.7 Å². The van der Waals surface area contributed by atoms with E-state index in [1.54, 1.807) is 31.4 Å². The van der Waals surface area contributed by atoms with Crippen LogP contribution >= 0.6 is 11.6 Å². The number of methoxy groups -OCH3 is 1. The molecule has 6 rings (SSSR count). The molecule has 0 spiro atoms. The summed E-state index contributed by atoms with van der Waals surface area (Å²) >= 11 is 6.45. The van der Waals surface area contributed by atoms with Gasteiger partial charge in [0.15, 0.2) is 5.82 Å².